The molecule has 1 fully saturated rings. The van der Waals surface area contributed by atoms with Gasteiger partial charge in [0.2, 0.25) is 0 Å². The summed E-state index contributed by atoms with van der Waals surface area (Å²) in [4.78, 5) is 0. The fourth-order valence-electron chi connectivity index (χ4n) is 1.99. The summed E-state index contributed by atoms with van der Waals surface area (Å²) in [5, 5.41) is 9.52. The van der Waals surface area contributed by atoms with Gasteiger partial charge < -0.3 is 5.32 Å². The summed E-state index contributed by atoms with van der Waals surface area (Å²) >= 11 is 1.41. The third kappa shape index (κ3) is 2.13. The van der Waals surface area contributed by atoms with E-state index in [0.717, 1.165) is 12.2 Å². The molecular weight excluding hydrogens is 218 g/mol. The summed E-state index contributed by atoms with van der Waals surface area (Å²) < 4.78 is 3.85. The lowest BCUT2D eigenvalue weighted by atomic mass is 10.1. The van der Waals surface area contributed by atoms with Crippen LogP contribution in [0.4, 0.5) is 0 Å². The smallest absolute Gasteiger partial charge is 0.0893 e. The highest BCUT2D eigenvalue weighted by Gasteiger charge is 2.37. The summed E-state index contributed by atoms with van der Waals surface area (Å²) in [6.45, 7) is 0.838. The molecule has 2 atom stereocenters. The summed E-state index contributed by atoms with van der Waals surface area (Å²) in [5.74, 6) is 0.688. The van der Waals surface area contributed by atoms with Crippen molar-refractivity contribution in [2.24, 2.45) is 0 Å². The predicted molar refractivity (Wildman–Crippen MR) is 64.3 cm³/mol. The molecule has 1 aromatic carbocycles. The molecule has 0 amide bonds. The maximum Gasteiger partial charge on any atom is 0.0893 e. The molecule has 0 spiro atoms. The van der Waals surface area contributed by atoms with Crippen LogP contribution < -0.4 is 5.32 Å². The average Bonchev–Trinajstić information content (AvgIpc) is 2.93. The zero-order valence-corrected chi connectivity index (χ0v) is 9.65. The number of hydrogen-bond acceptors (Lipinski definition) is 4. The Morgan fingerprint density at radius 3 is 2.94 bits per heavy atom. The van der Waals surface area contributed by atoms with E-state index in [1.54, 1.807) is 0 Å². The lowest BCUT2D eigenvalue weighted by Gasteiger charge is -2.01. The van der Waals surface area contributed by atoms with Gasteiger partial charge in [-0.05, 0) is 23.5 Å². The minimum absolute atomic E-state index is 0.615. The molecule has 0 radical (unpaired) electrons. The van der Waals surface area contributed by atoms with Crippen LogP contribution in [0.2, 0.25) is 0 Å². The van der Waals surface area contributed by atoms with Crippen molar-refractivity contribution in [3.8, 4) is 0 Å². The average molecular weight is 231 g/mol. The highest BCUT2D eigenvalue weighted by molar-refractivity contribution is 7.03. The first-order valence-corrected chi connectivity index (χ1v) is 6.31. The molecule has 1 aliphatic carbocycles. The molecule has 1 saturated carbocycles. The van der Waals surface area contributed by atoms with Crippen molar-refractivity contribution in [2.45, 2.75) is 24.9 Å². The van der Waals surface area contributed by atoms with E-state index in [4.69, 9.17) is 0 Å². The quantitative estimate of drug-likeness (QED) is 0.876. The highest BCUT2D eigenvalue weighted by Crippen LogP contribution is 2.40. The number of nitrogens with one attached hydrogen (secondary N) is 1. The van der Waals surface area contributed by atoms with Crippen LogP contribution in [0.25, 0.3) is 0 Å². The minimum atomic E-state index is 0.615. The van der Waals surface area contributed by atoms with Crippen LogP contribution in [-0.2, 0) is 6.54 Å². The van der Waals surface area contributed by atoms with E-state index in [-0.39, 0.29) is 0 Å². The van der Waals surface area contributed by atoms with E-state index in [1.807, 2.05) is 5.38 Å². The molecular formula is C12H13N3S. The SMILES string of the molecule is c1ccc(C2CC2NCc2csnn2)cc1. The third-order valence-corrected chi connectivity index (χ3v) is 3.52. The number of rotatable bonds is 4. The molecule has 4 heteroatoms. The van der Waals surface area contributed by atoms with Crippen LogP contribution in [0.3, 0.4) is 0 Å². The highest BCUT2D eigenvalue weighted by atomic mass is 32.1. The zero-order valence-electron chi connectivity index (χ0n) is 8.84. The van der Waals surface area contributed by atoms with Crippen LogP contribution in [0, 0.1) is 0 Å². The van der Waals surface area contributed by atoms with Crippen LogP contribution in [0.5, 0.6) is 0 Å². The Balaban J connectivity index is 1.53. The summed E-state index contributed by atoms with van der Waals surface area (Å²) in [5.41, 5.74) is 2.49. The molecule has 1 aliphatic rings. The molecule has 0 saturated heterocycles. The largest absolute Gasteiger partial charge is 0.308 e. The number of aromatic nitrogens is 2. The van der Waals surface area contributed by atoms with Crippen LogP contribution in [0.1, 0.15) is 23.6 Å². The second-order valence-electron chi connectivity index (χ2n) is 4.14. The van der Waals surface area contributed by atoms with E-state index < -0.39 is 0 Å². The maximum absolute atomic E-state index is 4.02. The summed E-state index contributed by atoms with van der Waals surface area (Å²) in [6.07, 6.45) is 1.24. The predicted octanol–water partition coefficient (Wildman–Crippen LogP) is 2.18. The molecule has 82 valence electrons. The molecule has 2 unspecified atom stereocenters. The second kappa shape index (κ2) is 4.31. The van der Waals surface area contributed by atoms with Crippen molar-refractivity contribution in [1.29, 1.82) is 0 Å². The van der Waals surface area contributed by atoms with Crippen molar-refractivity contribution in [1.82, 2.24) is 14.9 Å². The lowest BCUT2D eigenvalue weighted by Crippen LogP contribution is -2.17. The van der Waals surface area contributed by atoms with Gasteiger partial charge in [0.05, 0.1) is 5.69 Å². The fourth-order valence-corrected chi connectivity index (χ4v) is 2.44. The number of hydrogen-bond donors (Lipinski definition) is 1. The van der Waals surface area contributed by atoms with Gasteiger partial charge in [-0.3, -0.25) is 0 Å². The van der Waals surface area contributed by atoms with Crippen molar-refractivity contribution >= 4 is 11.5 Å². The van der Waals surface area contributed by atoms with E-state index in [0.29, 0.717) is 12.0 Å². The molecule has 16 heavy (non-hydrogen) atoms. The Hall–Kier alpha value is -1.26. The van der Waals surface area contributed by atoms with E-state index in [9.17, 15) is 0 Å². The Morgan fingerprint density at radius 1 is 1.31 bits per heavy atom. The fraction of sp³-hybridized carbons (Fsp3) is 0.333. The molecule has 3 rings (SSSR count). The Morgan fingerprint density at radius 2 is 2.19 bits per heavy atom. The normalized spacial score (nSPS) is 23.2. The van der Waals surface area contributed by atoms with Gasteiger partial charge in [0, 0.05) is 23.9 Å². The van der Waals surface area contributed by atoms with Crippen LogP contribution >= 0.6 is 11.5 Å². The molecule has 3 nitrogen and oxygen atoms in total. The van der Waals surface area contributed by atoms with Gasteiger partial charge in [-0.2, -0.15) is 0 Å². The van der Waals surface area contributed by atoms with Gasteiger partial charge in [-0.15, -0.1) is 5.10 Å². The topological polar surface area (TPSA) is 37.8 Å². The van der Waals surface area contributed by atoms with Crippen molar-refractivity contribution in [2.75, 3.05) is 0 Å². The summed E-state index contributed by atoms with van der Waals surface area (Å²) in [6, 6.07) is 11.3. The minimum Gasteiger partial charge on any atom is -0.308 e. The second-order valence-corrected chi connectivity index (χ2v) is 4.75. The Kier molecular flexibility index (Phi) is 2.68. The van der Waals surface area contributed by atoms with Crippen molar-refractivity contribution < 1.29 is 0 Å². The Labute approximate surface area is 98.7 Å². The maximum atomic E-state index is 4.02. The summed E-state index contributed by atoms with van der Waals surface area (Å²) in [7, 11) is 0. The first-order chi connectivity index (χ1) is 7.93. The molecule has 2 aromatic rings. The van der Waals surface area contributed by atoms with Gasteiger partial charge in [0.1, 0.15) is 0 Å². The first-order valence-electron chi connectivity index (χ1n) is 5.48. The van der Waals surface area contributed by atoms with Crippen molar-refractivity contribution in [3.05, 3.63) is 47.0 Å². The number of benzene rings is 1. The molecule has 0 aliphatic heterocycles. The molecule has 0 bridgehead atoms. The monoisotopic (exact) mass is 231 g/mol. The van der Waals surface area contributed by atoms with Gasteiger partial charge in [-0.1, -0.05) is 34.8 Å². The van der Waals surface area contributed by atoms with Gasteiger partial charge >= 0.3 is 0 Å². The van der Waals surface area contributed by atoms with E-state index in [2.05, 4.69) is 45.2 Å². The third-order valence-electron chi connectivity index (χ3n) is 2.97. The van der Waals surface area contributed by atoms with Gasteiger partial charge in [0.25, 0.3) is 0 Å². The van der Waals surface area contributed by atoms with Gasteiger partial charge in [-0.25, -0.2) is 0 Å². The first kappa shape index (κ1) is 9.93. The van der Waals surface area contributed by atoms with Crippen molar-refractivity contribution in [3.63, 3.8) is 0 Å². The zero-order chi connectivity index (χ0) is 10.8. The molecule has 1 heterocycles. The molecule has 1 N–H and O–H groups in total. The molecule has 1 aromatic heterocycles. The van der Waals surface area contributed by atoms with Crippen LogP contribution in [-0.4, -0.2) is 15.6 Å². The van der Waals surface area contributed by atoms with E-state index in [1.165, 1.54) is 23.5 Å². The van der Waals surface area contributed by atoms with E-state index >= 15 is 0 Å². The number of nitrogens with zero attached hydrogens (tertiary/aromatic N) is 2. The lowest BCUT2D eigenvalue weighted by molar-refractivity contribution is 0.659. The standard InChI is InChI=1S/C12H13N3S/c1-2-4-9(5-3-1)11-6-12(11)13-7-10-8-16-15-14-10/h1-5,8,11-13H,6-7H2. The van der Waals surface area contributed by atoms with Gasteiger partial charge in [0.15, 0.2) is 0 Å². The van der Waals surface area contributed by atoms with Crippen LogP contribution in [0.15, 0.2) is 35.7 Å². The Bertz CT molecular complexity index is 441.